The van der Waals surface area contributed by atoms with Crippen LogP contribution >= 0.6 is 11.8 Å². The molecule has 0 radical (unpaired) electrons. The molecule has 0 aromatic heterocycles. The first-order valence-electron chi connectivity index (χ1n) is 13.4. The van der Waals surface area contributed by atoms with E-state index in [1.54, 1.807) is 16.7 Å². The molecule has 3 fully saturated rings. The number of aliphatic hydroxyl groups excluding tert-OH is 1. The van der Waals surface area contributed by atoms with E-state index >= 15 is 0 Å². The zero-order chi connectivity index (χ0) is 24.6. The molecule has 1 N–H and O–H groups in total. The fourth-order valence-electron chi connectivity index (χ4n) is 7.01. The lowest BCUT2D eigenvalue weighted by atomic mass is 9.74. The fourth-order valence-corrected chi connectivity index (χ4v) is 9.16. The summed E-state index contributed by atoms with van der Waals surface area (Å²) in [5, 5.41) is 9.35. The van der Waals surface area contributed by atoms with Gasteiger partial charge in [-0.3, -0.25) is 14.4 Å². The highest BCUT2D eigenvalue weighted by Crippen LogP contribution is 2.65. The number of aliphatic hydroxyl groups is 1. The summed E-state index contributed by atoms with van der Waals surface area (Å²) in [4.78, 5) is 45.6. The van der Waals surface area contributed by atoms with Crippen LogP contribution in [0.5, 0.6) is 0 Å². The van der Waals surface area contributed by atoms with Crippen molar-refractivity contribution < 1.29 is 24.2 Å². The molecule has 0 aromatic carbocycles. The summed E-state index contributed by atoms with van der Waals surface area (Å²) in [6, 6.07) is -0.439. The Kier molecular flexibility index (Phi) is 7.05. The summed E-state index contributed by atoms with van der Waals surface area (Å²) in [5.41, 5.74) is 0. The summed E-state index contributed by atoms with van der Waals surface area (Å²) in [7, 11) is 0. The van der Waals surface area contributed by atoms with Gasteiger partial charge in [-0.05, 0) is 45.4 Å². The Morgan fingerprint density at radius 3 is 2.60 bits per heavy atom. The predicted octanol–water partition coefficient (Wildman–Crippen LogP) is 3.07. The molecular weight excluding hydrogens is 464 g/mol. The number of carbonyl (C=O) groups is 3. The van der Waals surface area contributed by atoms with Gasteiger partial charge in [-0.2, -0.15) is 0 Å². The Hall–Kier alpha value is -1.80. The maximum Gasteiger partial charge on any atom is 0.311 e. The predicted molar refractivity (Wildman–Crippen MR) is 135 cm³/mol. The maximum absolute atomic E-state index is 14.3. The van der Waals surface area contributed by atoms with Gasteiger partial charge in [-0.25, -0.2) is 0 Å². The minimum absolute atomic E-state index is 0.0155. The van der Waals surface area contributed by atoms with Crippen molar-refractivity contribution in [3.63, 3.8) is 0 Å². The molecule has 2 saturated heterocycles. The van der Waals surface area contributed by atoms with Crippen LogP contribution in [0.2, 0.25) is 0 Å². The van der Waals surface area contributed by atoms with Crippen molar-refractivity contribution in [2.75, 3.05) is 26.3 Å². The third-order valence-electron chi connectivity index (χ3n) is 8.60. The van der Waals surface area contributed by atoms with Gasteiger partial charge >= 0.3 is 5.97 Å². The highest BCUT2D eigenvalue weighted by molar-refractivity contribution is 8.02. The number of esters is 1. The van der Waals surface area contributed by atoms with Gasteiger partial charge in [0.15, 0.2) is 0 Å². The zero-order valence-electron chi connectivity index (χ0n) is 20.7. The molecule has 1 aliphatic carbocycles. The number of allylic oxidation sites excluding steroid dienone is 1. The van der Waals surface area contributed by atoms with E-state index in [0.717, 1.165) is 38.5 Å². The first-order valence-corrected chi connectivity index (χ1v) is 14.2. The topological polar surface area (TPSA) is 87.1 Å². The van der Waals surface area contributed by atoms with Gasteiger partial charge in [-0.1, -0.05) is 43.6 Å². The second-order valence-electron chi connectivity index (χ2n) is 10.9. The van der Waals surface area contributed by atoms with E-state index in [0.29, 0.717) is 32.5 Å². The minimum atomic E-state index is -0.807. The quantitative estimate of drug-likeness (QED) is 0.353. The summed E-state index contributed by atoms with van der Waals surface area (Å²) >= 11 is 1.61. The van der Waals surface area contributed by atoms with Gasteiger partial charge in [0.2, 0.25) is 11.8 Å². The number of hydrogen-bond acceptors (Lipinski definition) is 6. The van der Waals surface area contributed by atoms with Gasteiger partial charge in [0.05, 0.1) is 23.2 Å². The van der Waals surface area contributed by atoms with Crippen LogP contribution in [0.4, 0.5) is 0 Å². The lowest BCUT2D eigenvalue weighted by Gasteiger charge is -2.40. The summed E-state index contributed by atoms with van der Waals surface area (Å²) < 4.78 is 4.24. The number of thioether (sulfide) groups is 1. The molecule has 5 rings (SSSR count). The molecule has 8 heteroatoms. The molecule has 0 bridgehead atoms. The van der Waals surface area contributed by atoms with Crippen molar-refractivity contribution in [1.29, 1.82) is 0 Å². The SMILES string of the molecule is C[C@@]12/C=C\CCCOC(=O)[C@@H]1[C@H]1C(=O)N(CCCCO)C3C(=O)N(C4CCCCC4)CC=C[C@@]31S2. The van der Waals surface area contributed by atoms with Crippen molar-refractivity contribution in [1.82, 2.24) is 9.80 Å². The van der Waals surface area contributed by atoms with E-state index in [4.69, 9.17) is 4.74 Å². The Balaban J connectivity index is 1.58. The van der Waals surface area contributed by atoms with Crippen LogP contribution in [0.1, 0.15) is 64.7 Å². The Morgan fingerprint density at radius 2 is 1.83 bits per heavy atom. The van der Waals surface area contributed by atoms with E-state index in [-0.39, 0.29) is 30.4 Å². The van der Waals surface area contributed by atoms with Gasteiger partial charge in [0.1, 0.15) is 6.04 Å². The Labute approximate surface area is 212 Å². The number of carbonyl (C=O) groups excluding carboxylic acids is 3. The number of fused-ring (bicyclic) bond motifs is 2. The van der Waals surface area contributed by atoms with Crippen LogP contribution in [-0.2, 0) is 19.1 Å². The molecule has 4 heterocycles. The number of hydrogen-bond donors (Lipinski definition) is 1. The third kappa shape index (κ3) is 4.14. The van der Waals surface area contributed by atoms with Gasteiger partial charge in [0.25, 0.3) is 0 Å². The van der Waals surface area contributed by atoms with E-state index in [1.165, 1.54) is 6.42 Å². The summed E-state index contributed by atoms with van der Waals surface area (Å²) in [6.45, 7) is 3.39. The summed E-state index contributed by atoms with van der Waals surface area (Å²) in [5.74, 6) is -1.72. The molecule has 1 spiro atoms. The van der Waals surface area contributed by atoms with Crippen molar-refractivity contribution in [3.8, 4) is 0 Å². The summed E-state index contributed by atoms with van der Waals surface area (Å²) in [6.07, 6.45) is 16.6. The van der Waals surface area contributed by atoms with Crippen LogP contribution < -0.4 is 0 Å². The fraction of sp³-hybridized carbons (Fsp3) is 0.741. The van der Waals surface area contributed by atoms with Crippen LogP contribution in [0.15, 0.2) is 24.3 Å². The first kappa shape index (κ1) is 24.9. The Bertz CT molecular complexity index is 915. The lowest BCUT2D eigenvalue weighted by molar-refractivity contribution is -0.154. The Morgan fingerprint density at radius 1 is 1.03 bits per heavy atom. The average Bonchev–Trinajstić information content (AvgIpc) is 3.19. The molecule has 1 unspecified atom stereocenters. The third-order valence-corrected chi connectivity index (χ3v) is 10.4. The highest BCUT2D eigenvalue weighted by atomic mass is 32.2. The number of ether oxygens (including phenoxy) is 1. The van der Waals surface area contributed by atoms with E-state index in [2.05, 4.69) is 24.3 Å². The largest absolute Gasteiger partial charge is 0.465 e. The van der Waals surface area contributed by atoms with Gasteiger partial charge in [-0.15, -0.1) is 11.8 Å². The van der Waals surface area contributed by atoms with E-state index in [1.807, 2.05) is 11.8 Å². The molecule has 7 nitrogen and oxygen atoms in total. The molecule has 5 aliphatic rings. The number of cyclic esters (lactones) is 1. The second-order valence-corrected chi connectivity index (χ2v) is 12.6. The number of likely N-dealkylation sites (tertiary alicyclic amines) is 1. The normalized spacial score (nSPS) is 38.7. The molecule has 0 aromatic rings. The molecule has 192 valence electrons. The highest BCUT2D eigenvalue weighted by Gasteiger charge is 2.73. The molecule has 1 saturated carbocycles. The van der Waals surface area contributed by atoms with Crippen LogP contribution in [0.25, 0.3) is 0 Å². The van der Waals surface area contributed by atoms with Crippen molar-refractivity contribution in [2.45, 2.75) is 86.3 Å². The minimum Gasteiger partial charge on any atom is -0.465 e. The van der Waals surface area contributed by atoms with Crippen LogP contribution in [0, 0.1) is 11.8 Å². The second kappa shape index (κ2) is 9.92. The molecule has 5 atom stereocenters. The average molecular weight is 503 g/mol. The van der Waals surface area contributed by atoms with Gasteiger partial charge in [0, 0.05) is 30.5 Å². The number of amides is 2. The smallest absolute Gasteiger partial charge is 0.311 e. The maximum atomic E-state index is 14.3. The van der Waals surface area contributed by atoms with Crippen molar-refractivity contribution >= 4 is 29.5 Å². The van der Waals surface area contributed by atoms with Crippen LogP contribution in [0.3, 0.4) is 0 Å². The van der Waals surface area contributed by atoms with E-state index < -0.39 is 27.4 Å². The van der Waals surface area contributed by atoms with E-state index in [9.17, 15) is 19.5 Å². The van der Waals surface area contributed by atoms with Crippen molar-refractivity contribution in [3.05, 3.63) is 24.3 Å². The molecule has 35 heavy (non-hydrogen) atoms. The monoisotopic (exact) mass is 502 g/mol. The molecular formula is C27H38N2O5S. The number of rotatable bonds is 5. The standard InChI is InChI=1S/C27H38N2O5S/c1-26-13-6-3-9-18-34-25(33)21(26)20-23(31)29(15-7-8-17-30)22-24(32)28(19-11-4-2-5-12-19)16-10-14-27(20,22)35-26/h6,10,13-14,19-22,30H,2-5,7-9,11-12,15-18H2,1H3/b13-6-/t20-,21-,22?,26+,27-/m0/s1. The number of unbranched alkanes of at least 4 members (excludes halogenated alkanes) is 1. The zero-order valence-corrected chi connectivity index (χ0v) is 21.5. The van der Waals surface area contributed by atoms with Crippen molar-refractivity contribution in [2.24, 2.45) is 11.8 Å². The van der Waals surface area contributed by atoms with Gasteiger partial charge < -0.3 is 19.6 Å². The molecule has 4 aliphatic heterocycles. The first-order chi connectivity index (χ1) is 16.9. The van der Waals surface area contributed by atoms with Crippen LogP contribution in [-0.4, -0.2) is 80.6 Å². The molecule has 2 amide bonds. The number of nitrogens with zero attached hydrogens (tertiary/aromatic N) is 2. The lowest BCUT2D eigenvalue weighted by Crippen LogP contribution is -2.55.